The predicted octanol–water partition coefficient (Wildman–Crippen LogP) is 1.36. The van der Waals surface area contributed by atoms with Gasteiger partial charge in [-0.25, -0.2) is 4.98 Å². The van der Waals surface area contributed by atoms with E-state index in [2.05, 4.69) is 21.5 Å². The van der Waals surface area contributed by atoms with Crippen molar-refractivity contribution in [1.29, 1.82) is 5.26 Å². The number of nitrogens with zero attached hydrogens (tertiary/aromatic N) is 4. The molecule has 0 aromatic carbocycles. The van der Waals surface area contributed by atoms with Crippen LogP contribution in [-0.2, 0) is 4.74 Å². The number of aromatic nitrogens is 3. The van der Waals surface area contributed by atoms with E-state index >= 15 is 0 Å². The molecule has 9 heteroatoms. The standard InChI is InChI=1S/C15H15FN6O2/c16-13-2-1-10(6-19-13)20-15-11(14(18)23)7-22(21-15)12-8-24-4-3-9(12)5-17/h1-2,6-7,9,12H,3-4,8H2,(H2,18,23)(H,20,21)/t9-,12+/m1/s1. The number of halogens is 1. The number of carbonyl (C=O) groups is 1. The van der Waals surface area contributed by atoms with Gasteiger partial charge in [-0.05, 0) is 18.6 Å². The second-order valence-electron chi connectivity index (χ2n) is 5.40. The molecule has 124 valence electrons. The molecule has 1 fully saturated rings. The molecule has 8 nitrogen and oxygen atoms in total. The first kappa shape index (κ1) is 15.9. The summed E-state index contributed by atoms with van der Waals surface area (Å²) in [5, 5.41) is 16.5. The Labute approximate surface area is 137 Å². The van der Waals surface area contributed by atoms with E-state index in [1.54, 1.807) is 0 Å². The van der Waals surface area contributed by atoms with Crippen molar-refractivity contribution >= 4 is 17.4 Å². The lowest BCUT2D eigenvalue weighted by Gasteiger charge is -2.26. The van der Waals surface area contributed by atoms with Crippen LogP contribution in [0.1, 0.15) is 22.8 Å². The normalized spacial score (nSPS) is 20.3. The van der Waals surface area contributed by atoms with Crippen LogP contribution in [-0.4, -0.2) is 33.9 Å². The van der Waals surface area contributed by atoms with Gasteiger partial charge in [-0.2, -0.15) is 14.8 Å². The zero-order valence-corrected chi connectivity index (χ0v) is 12.6. The maximum Gasteiger partial charge on any atom is 0.254 e. The Morgan fingerprint density at radius 3 is 3.04 bits per heavy atom. The molecule has 1 aliphatic heterocycles. The van der Waals surface area contributed by atoms with E-state index in [9.17, 15) is 14.4 Å². The summed E-state index contributed by atoms with van der Waals surface area (Å²) in [5.74, 6) is -1.32. The maximum atomic E-state index is 12.9. The molecular weight excluding hydrogens is 315 g/mol. The maximum absolute atomic E-state index is 12.9. The minimum atomic E-state index is -0.663. The molecule has 2 aromatic rings. The van der Waals surface area contributed by atoms with Gasteiger partial charge in [0.15, 0.2) is 5.82 Å². The SMILES string of the molecule is N#C[C@H]1CCOC[C@@H]1n1cc(C(N)=O)c(Nc2ccc(F)nc2)n1. The Morgan fingerprint density at radius 1 is 1.54 bits per heavy atom. The van der Waals surface area contributed by atoms with Crippen LogP contribution in [0.3, 0.4) is 0 Å². The molecule has 3 rings (SSSR count). The Bertz CT molecular complexity index is 782. The Hall–Kier alpha value is -2.99. The second-order valence-corrected chi connectivity index (χ2v) is 5.40. The Kier molecular flexibility index (Phi) is 4.39. The molecule has 2 aromatic heterocycles. The zero-order chi connectivity index (χ0) is 17.1. The van der Waals surface area contributed by atoms with E-state index in [1.807, 2.05) is 0 Å². The number of ether oxygens (including phenoxy) is 1. The topological polar surface area (TPSA) is 119 Å². The third-order valence-corrected chi connectivity index (χ3v) is 3.82. The fourth-order valence-corrected chi connectivity index (χ4v) is 2.55. The number of primary amides is 1. The number of nitrogens with one attached hydrogen (secondary N) is 1. The molecule has 0 aliphatic carbocycles. The molecular formula is C15H15FN6O2. The Morgan fingerprint density at radius 2 is 2.38 bits per heavy atom. The van der Waals surface area contributed by atoms with Gasteiger partial charge >= 0.3 is 0 Å². The van der Waals surface area contributed by atoms with E-state index in [0.29, 0.717) is 25.3 Å². The van der Waals surface area contributed by atoms with Crippen LogP contribution < -0.4 is 11.1 Å². The van der Waals surface area contributed by atoms with Crippen molar-refractivity contribution < 1.29 is 13.9 Å². The van der Waals surface area contributed by atoms with Crippen molar-refractivity contribution in [1.82, 2.24) is 14.8 Å². The molecule has 0 bridgehead atoms. The average molecular weight is 330 g/mol. The van der Waals surface area contributed by atoms with Crippen molar-refractivity contribution in [3.8, 4) is 6.07 Å². The van der Waals surface area contributed by atoms with E-state index < -0.39 is 11.9 Å². The van der Waals surface area contributed by atoms with Crippen LogP contribution in [0.15, 0.2) is 24.5 Å². The number of hydrogen-bond donors (Lipinski definition) is 2. The van der Waals surface area contributed by atoms with E-state index in [1.165, 1.54) is 29.2 Å². The lowest BCUT2D eigenvalue weighted by molar-refractivity contribution is 0.0342. The molecule has 2 atom stereocenters. The molecule has 0 radical (unpaired) electrons. The lowest BCUT2D eigenvalue weighted by atomic mass is 9.97. The minimum absolute atomic E-state index is 0.168. The number of amides is 1. The van der Waals surface area contributed by atoms with Crippen molar-refractivity contribution in [3.05, 3.63) is 36.0 Å². The van der Waals surface area contributed by atoms with Gasteiger partial charge in [-0.1, -0.05) is 0 Å². The largest absolute Gasteiger partial charge is 0.379 e. The van der Waals surface area contributed by atoms with E-state index in [-0.39, 0.29) is 23.3 Å². The molecule has 1 aliphatic rings. The van der Waals surface area contributed by atoms with Gasteiger partial charge < -0.3 is 15.8 Å². The van der Waals surface area contributed by atoms with Crippen LogP contribution in [0.2, 0.25) is 0 Å². The highest BCUT2D eigenvalue weighted by Gasteiger charge is 2.29. The van der Waals surface area contributed by atoms with Crippen LogP contribution >= 0.6 is 0 Å². The lowest BCUT2D eigenvalue weighted by Crippen LogP contribution is -2.29. The number of anilines is 2. The highest BCUT2D eigenvalue weighted by atomic mass is 19.1. The highest BCUT2D eigenvalue weighted by molar-refractivity contribution is 5.98. The predicted molar refractivity (Wildman–Crippen MR) is 81.8 cm³/mol. The van der Waals surface area contributed by atoms with Gasteiger partial charge in [0.25, 0.3) is 5.91 Å². The average Bonchev–Trinajstić information content (AvgIpc) is 3.01. The number of nitrogens with two attached hydrogens (primary N) is 1. The van der Waals surface area contributed by atoms with Gasteiger partial charge in [-0.3, -0.25) is 9.48 Å². The van der Waals surface area contributed by atoms with Crippen LogP contribution in [0.25, 0.3) is 0 Å². The van der Waals surface area contributed by atoms with Crippen molar-refractivity contribution in [3.63, 3.8) is 0 Å². The van der Waals surface area contributed by atoms with Crippen LogP contribution in [0.4, 0.5) is 15.9 Å². The van der Waals surface area contributed by atoms with Crippen LogP contribution in [0.5, 0.6) is 0 Å². The monoisotopic (exact) mass is 330 g/mol. The summed E-state index contributed by atoms with van der Waals surface area (Å²) in [5.41, 5.74) is 6.03. The summed E-state index contributed by atoms with van der Waals surface area (Å²) in [4.78, 5) is 15.2. The molecule has 3 heterocycles. The fraction of sp³-hybridized carbons (Fsp3) is 0.333. The molecule has 0 saturated carbocycles. The van der Waals surface area contributed by atoms with E-state index in [4.69, 9.17) is 10.5 Å². The number of carbonyl (C=O) groups excluding carboxylic acids is 1. The summed E-state index contributed by atoms with van der Waals surface area (Å²) in [6.45, 7) is 0.848. The molecule has 0 unspecified atom stereocenters. The van der Waals surface area contributed by atoms with Gasteiger partial charge in [0.2, 0.25) is 5.95 Å². The van der Waals surface area contributed by atoms with Gasteiger partial charge in [0.1, 0.15) is 5.56 Å². The van der Waals surface area contributed by atoms with Crippen LogP contribution in [0, 0.1) is 23.2 Å². The first-order valence-corrected chi connectivity index (χ1v) is 7.33. The van der Waals surface area contributed by atoms with Crippen molar-refractivity contribution in [2.75, 3.05) is 18.5 Å². The number of nitriles is 1. The van der Waals surface area contributed by atoms with Crippen molar-refractivity contribution in [2.24, 2.45) is 11.7 Å². The number of pyridine rings is 1. The fourth-order valence-electron chi connectivity index (χ4n) is 2.55. The summed E-state index contributed by atoms with van der Waals surface area (Å²) < 4.78 is 19.8. The summed E-state index contributed by atoms with van der Waals surface area (Å²) in [7, 11) is 0. The zero-order valence-electron chi connectivity index (χ0n) is 12.6. The highest BCUT2D eigenvalue weighted by Crippen LogP contribution is 2.28. The summed E-state index contributed by atoms with van der Waals surface area (Å²) in [6, 6.07) is 4.59. The first-order chi connectivity index (χ1) is 11.6. The van der Waals surface area contributed by atoms with Crippen molar-refractivity contribution in [2.45, 2.75) is 12.5 Å². The second kappa shape index (κ2) is 6.64. The third kappa shape index (κ3) is 3.18. The minimum Gasteiger partial charge on any atom is -0.379 e. The molecule has 0 spiro atoms. The number of hydrogen-bond acceptors (Lipinski definition) is 6. The Balaban J connectivity index is 1.91. The summed E-state index contributed by atoms with van der Waals surface area (Å²) in [6.07, 6.45) is 3.36. The summed E-state index contributed by atoms with van der Waals surface area (Å²) >= 11 is 0. The third-order valence-electron chi connectivity index (χ3n) is 3.82. The quantitative estimate of drug-likeness (QED) is 0.817. The molecule has 1 saturated heterocycles. The number of rotatable bonds is 4. The smallest absolute Gasteiger partial charge is 0.254 e. The van der Waals surface area contributed by atoms with Gasteiger partial charge in [0.05, 0.1) is 36.5 Å². The van der Waals surface area contributed by atoms with E-state index in [0.717, 1.165) is 0 Å². The molecule has 3 N–H and O–H groups in total. The first-order valence-electron chi connectivity index (χ1n) is 7.33. The van der Waals surface area contributed by atoms with Gasteiger partial charge in [-0.15, -0.1) is 0 Å². The van der Waals surface area contributed by atoms with Gasteiger partial charge in [0, 0.05) is 12.8 Å². The molecule has 24 heavy (non-hydrogen) atoms. The molecule has 1 amide bonds.